The Kier molecular flexibility index (Phi) is 6.91. The molecule has 1 saturated heterocycles. The van der Waals surface area contributed by atoms with Gasteiger partial charge in [-0.3, -0.25) is 4.79 Å². The summed E-state index contributed by atoms with van der Waals surface area (Å²) in [7, 11) is 0. The van der Waals surface area contributed by atoms with E-state index in [1.165, 1.54) is 30.3 Å². The van der Waals surface area contributed by atoms with Crippen molar-refractivity contribution < 1.29 is 44.9 Å². The Morgan fingerprint density at radius 2 is 1.67 bits per heavy atom. The molecule has 1 heterocycles. The zero-order valence-corrected chi connectivity index (χ0v) is 16.0. The van der Waals surface area contributed by atoms with Gasteiger partial charge in [0.2, 0.25) is 6.29 Å². The minimum atomic E-state index is -1.59. The predicted molar refractivity (Wildman–Crippen MR) is 103 cm³/mol. The van der Waals surface area contributed by atoms with Crippen molar-refractivity contribution in [1.29, 1.82) is 0 Å². The average Bonchev–Trinajstić information content (AvgIpc) is 2.73. The molecule has 0 unspecified atom stereocenters. The lowest BCUT2D eigenvalue weighted by Crippen LogP contribution is -2.60. The van der Waals surface area contributed by atoms with Crippen molar-refractivity contribution >= 4 is 5.78 Å². The topological polar surface area (TPSA) is 157 Å². The molecular formula is C21H24O9. The Bertz CT molecular complexity index is 865. The lowest BCUT2D eigenvalue weighted by Gasteiger charge is -2.39. The van der Waals surface area contributed by atoms with Crippen LogP contribution in [0.25, 0.3) is 0 Å². The second-order valence-electron chi connectivity index (χ2n) is 7.08. The van der Waals surface area contributed by atoms with Crippen LogP contribution in [0.1, 0.15) is 22.3 Å². The second kappa shape index (κ2) is 9.41. The van der Waals surface area contributed by atoms with Crippen molar-refractivity contribution in [3.8, 4) is 17.2 Å². The normalized spacial score (nSPS) is 26.3. The standard InChI is InChI=1S/C21H24O9/c22-10-17-18(26)19(27)20(28)21(30-17)29-13-6-7-14(16(25)9-13)15(24)8-3-11-1-4-12(23)5-2-11/h1-2,4-7,9,17-23,25-28H,3,8,10H2/t17-,18-,19-,20-,21-/m0/s1. The summed E-state index contributed by atoms with van der Waals surface area (Å²) >= 11 is 0. The third kappa shape index (κ3) is 4.89. The fourth-order valence-electron chi connectivity index (χ4n) is 3.17. The number of hydrogen-bond acceptors (Lipinski definition) is 9. The van der Waals surface area contributed by atoms with E-state index in [1.807, 2.05) is 0 Å². The molecule has 0 spiro atoms. The van der Waals surface area contributed by atoms with E-state index in [-0.39, 0.29) is 35.0 Å². The highest BCUT2D eigenvalue weighted by molar-refractivity contribution is 5.98. The fraction of sp³-hybridized carbons (Fsp3) is 0.381. The van der Waals surface area contributed by atoms with E-state index in [2.05, 4.69) is 0 Å². The van der Waals surface area contributed by atoms with E-state index in [9.17, 15) is 35.4 Å². The molecule has 0 saturated carbocycles. The van der Waals surface area contributed by atoms with Gasteiger partial charge in [0.1, 0.15) is 41.7 Å². The molecule has 30 heavy (non-hydrogen) atoms. The molecule has 9 heteroatoms. The van der Waals surface area contributed by atoms with Crippen LogP contribution in [0.15, 0.2) is 42.5 Å². The van der Waals surface area contributed by atoms with Crippen molar-refractivity contribution in [3.63, 3.8) is 0 Å². The maximum absolute atomic E-state index is 12.4. The van der Waals surface area contributed by atoms with E-state index < -0.39 is 37.3 Å². The van der Waals surface area contributed by atoms with Crippen molar-refractivity contribution in [2.24, 2.45) is 0 Å². The summed E-state index contributed by atoms with van der Waals surface area (Å²) in [6, 6.07) is 10.4. The van der Waals surface area contributed by atoms with Crippen molar-refractivity contribution in [2.45, 2.75) is 43.5 Å². The summed E-state index contributed by atoms with van der Waals surface area (Å²) in [4.78, 5) is 12.4. The molecule has 0 amide bonds. The first-order valence-corrected chi connectivity index (χ1v) is 9.41. The van der Waals surface area contributed by atoms with Crippen LogP contribution >= 0.6 is 0 Å². The monoisotopic (exact) mass is 420 g/mol. The van der Waals surface area contributed by atoms with Crippen LogP contribution in [0.3, 0.4) is 0 Å². The van der Waals surface area contributed by atoms with Gasteiger partial charge >= 0.3 is 0 Å². The fourth-order valence-corrected chi connectivity index (χ4v) is 3.17. The number of aliphatic hydroxyl groups excluding tert-OH is 4. The molecule has 6 N–H and O–H groups in total. The maximum Gasteiger partial charge on any atom is 0.229 e. The highest BCUT2D eigenvalue weighted by Crippen LogP contribution is 2.29. The lowest BCUT2D eigenvalue weighted by molar-refractivity contribution is -0.277. The molecule has 162 valence electrons. The van der Waals surface area contributed by atoms with Gasteiger partial charge in [0, 0.05) is 12.5 Å². The lowest BCUT2D eigenvalue weighted by atomic mass is 9.99. The quantitative estimate of drug-likeness (QED) is 0.342. The SMILES string of the molecule is O=C(CCc1ccc(O)cc1)c1ccc(O[C@H]2O[C@@H](CO)[C@H](O)[C@H](O)[C@@H]2O)cc1O. The number of rotatable bonds is 7. The number of aliphatic hydroxyl groups is 4. The van der Waals surface area contributed by atoms with Gasteiger partial charge in [-0.1, -0.05) is 12.1 Å². The number of ketones is 1. The molecule has 0 bridgehead atoms. The predicted octanol–water partition coefficient (Wildman–Crippen LogP) is 0.0920. The van der Waals surface area contributed by atoms with E-state index in [0.717, 1.165) is 5.56 Å². The Morgan fingerprint density at radius 1 is 0.967 bits per heavy atom. The van der Waals surface area contributed by atoms with Gasteiger partial charge in [0.05, 0.1) is 12.2 Å². The minimum Gasteiger partial charge on any atom is -0.508 e. The molecule has 1 aliphatic rings. The summed E-state index contributed by atoms with van der Waals surface area (Å²) < 4.78 is 10.7. The Balaban J connectivity index is 1.64. The number of ether oxygens (including phenoxy) is 2. The van der Waals surface area contributed by atoms with Gasteiger partial charge in [-0.15, -0.1) is 0 Å². The van der Waals surface area contributed by atoms with Crippen molar-refractivity contribution in [3.05, 3.63) is 53.6 Å². The molecule has 2 aromatic carbocycles. The summed E-state index contributed by atoms with van der Waals surface area (Å²) in [6.07, 6.45) is -6.62. The van der Waals surface area contributed by atoms with E-state index in [1.54, 1.807) is 12.1 Å². The number of hydrogen-bond donors (Lipinski definition) is 6. The molecule has 0 aliphatic carbocycles. The number of phenolic OH excluding ortho intramolecular Hbond substituents is 2. The number of benzene rings is 2. The second-order valence-corrected chi connectivity index (χ2v) is 7.08. The zero-order valence-electron chi connectivity index (χ0n) is 16.0. The van der Waals surface area contributed by atoms with Crippen LogP contribution in [-0.4, -0.2) is 73.7 Å². The first-order valence-electron chi connectivity index (χ1n) is 9.41. The summed E-state index contributed by atoms with van der Waals surface area (Å²) in [5, 5.41) is 58.3. The number of phenols is 2. The third-order valence-electron chi connectivity index (χ3n) is 4.95. The maximum atomic E-state index is 12.4. The minimum absolute atomic E-state index is 0.0620. The van der Waals surface area contributed by atoms with E-state index >= 15 is 0 Å². The first-order chi connectivity index (χ1) is 14.3. The summed E-state index contributed by atoms with van der Waals surface area (Å²) in [6.45, 7) is -0.593. The van der Waals surface area contributed by atoms with E-state index in [0.29, 0.717) is 6.42 Å². The van der Waals surface area contributed by atoms with Gasteiger partial charge in [-0.05, 0) is 36.2 Å². The number of carbonyl (C=O) groups excluding carboxylic acids is 1. The molecule has 9 nitrogen and oxygen atoms in total. The molecule has 3 rings (SSSR count). The first kappa shape index (κ1) is 22.0. The largest absolute Gasteiger partial charge is 0.508 e. The molecule has 0 aromatic heterocycles. The molecule has 5 atom stereocenters. The van der Waals surface area contributed by atoms with Crippen LogP contribution < -0.4 is 4.74 Å². The Hall–Kier alpha value is -2.69. The number of aryl methyl sites for hydroxylation is 1. The van der Waals surface area contributed by atoms with Crippen LogP contribution in [0.5, 0.6) is 17.2 Å². The van der Waals surface area contributed by atoms with E-state index in [4.69, 9.17) is 9.47 Å². The van der Waals surface area contributed by atoms with Gasteiger partial charge in [0.25, 0.3) is 0 Å². The van der Waals surface area contributed by atoms with Crippen molar-refractivity contribution in [1.82, 2.24) is 0 Å². The zero-order chi connectivity index (χ0) is 21.8. The Morgan fingerprint density at radius 3 is 2.30 bits per heavy atom. The number of aromatic hydroxyl groups is 2. The van der Waals surface area contributed by atoms with Gasteiger partial charge < -0.3 is 40.1 Å². The van der Waals surface area contributed by atoms with Crippen LogP contribution in [0, 0.1) is 0 Å². The smallest absolute Gasteiger partial charge is 0.229 e. The van der Waals surface area contributed by atoms with Crippen LogP contribution in [-0.2, 0) is 11.2 Å². The number of Topliss-reactive ketones (excluding diaryl/α,β-unsaturated/α-hetero) is 1. The molecule has 1 aliphatic heterocycles. The van der Waals surface area contributed by atoms with Gasteiger partial charge in [0.15, 0.2) is 5.78 Å². The van der Waals surface area contributed by atoms with Crippen LogP contribution in [0.2, 0.25) is 0 Å². The van der Waals surface area contributed by atoms with Crippen LogP contribution in [0.4, 0.5) is 0 Å². The highest BCUT2D eigenvalue weighted by Gasteiger charge is 2.44. The highest BCUT2D eigenvalue weighted by atomic mass is 16.7. The van der Waals surface area contributed by atoms with Crippen molar-refractivity contribution in [2.75, 3.05) is 6.61 Å². The summed E-state index contributed by atoms with van der Waals surface area (Å²) in [5.74, 6) is -0.419. The molecular weight excluding hydrogens is 396 g/mol. The Labute approximate surface area is 172 Å². The van der Waals surface area contributed by atoms with Gasteiger partial charge in [-0.25, -0.2) is 0 Å². The summed E-state index contributed by atoms with van der Waals surface area (Å²) in [5.41, 5.74) is 0.957. The van der Waals surface area contributed by atoms with Gasteiger partial charge in [-0.2, -0.15) is 0 Å². The molecule has 1 fully saturated rings. The third-order valence-corrected chi connectivity index (χ3v) is 4.95. The molecule has 0 radical (unpaired) electrons. The molecule has 2 aromatic rings. The number of carbonyl (C=O) groups is 1. The average molecular weight is 420 g/mol.